The predicted octanol–water partition coefficient (Wildman–Crippen LogP) is 2.34. The number of para-hydroxylation sites is 2. The van der Waals surface area contributed by atoms with E-state index in [9.17, 15) is 13.2 Å². The number of benzene rings is 1. The van der Waals surface area contributed by atoms with Crippen LogP contribution in [-0.4, -0.2) is 49.4 Å². The fourth-order valence-electron chi connectivity index (χ4n) is 3.18. The Hall–Kier alpha value is -1.54. The molecular formula is C17H22N2O4S2. The highest BCUT2D eigenvalue weighted by molar-refractivity contribution is 8.16. The predicted molar refractivity (Wildman–Crippen MR) is 101 cm³/mol. The fraction of sp³-hybridized carbons (Fsp3) is 0.529. The number of thioether (sulfide) groups is 1. The summed E-state index contributed by atoms with van der Waals surface area (Å²) in [6.07, 6.45) is 0.372. The summed E-state index contributed by atoms with van der Waals surface area (Å²) in [5.41, 5.74) is 0.748. The van der Waals surface area contributed by atoms with E-state index in [1.165, 1.54) is 11.8 Å². The number of sulfone groups is 1. The normalized spacial score (nSPS) is 26.2. The fourth-order valence-corrected chi connectivity index (χ4v) is 7.10. The van der Waals surface area contributed by atoms with E-state index in [0.29, 0.717) is 17.3 Å². The van der Waals surface area contributed by atoms with Gasteiger partial charge in [-0.15, -0.1) is 0 Å². The second-order valence-corrected chi connectivity index (χ2v) is 10.1. The van der Waals surface area contributed by atoms with Crippen molar-refractivity contribution < 1.29 is 17.9 Å². The zero-order valence-corrected chi connectivity index (χ0v) is 16.1. The van der Waals surface area contributed by atoms with E-state index >= 15 is 0 Å². The third-order valence-electron chi connectivity index (χ3n) is 4.21. The molecule has 2 aliphatic heterocycles. The van der Waals surface area contributed by atoms with Crippen LogP contribution in [0.15, 0.2) is 29.3 Å². The van der Waals surface area contributed by atoms with E-state index in [1.54, 1.807) is 7.11 Å². The first-order chi connectivity index (χ1) is 11.8. The van der Waals surface area contributed by atoms with Gasteiger partial charge < -0.3 is 9.64 Å². The number of hydrogen-bond donors (Lipinski definition) is 0. The molecule has 25 heavy (non-hydrogen) atoms. The third-order valence-corrected chi connectivity index (χ3v) is 7.42. The molecule has 0 bridgehead atoms. The molecule has 1 aromatic carbocycles. The number of rotatable bonds is 4. The first-order valence-electron chi connectivity index (χ1n) is 8.21. The second kappa shape index (κ2) is 6.99. The van der Waals surface area contributed by atoms with Crippen molar-refractivity contribution >= 4 is 38.4 Å². The lowest BCUT2D eigenvalue weighted by atomic mass is 10.1. The molecule has 0 N–H and O–H groups in total. The lowest BCUT2D eigenvalue weighted by molar-refractivity contribution is -0.118. The number of aliphatic imine (C=N–C) groups is 1. The number of methoxy groups -OCH3 is 1. The minimum atomic E-state index is -3.08. The number of ether oxygens (including phenoxy) is 1. The van der Waals surface area contributed by atoms with E-state index in [1.807, 2.05) is 43.0 Å². The maximum Gasteiger partial charge on any atom is 0.248 e. The molecule has 6 nitrogen and oxygen atoms in total. The molecule has 0 aromatic heterocycles. The lowest BCUT2D eigenvalue weighted by Gasteiger charge is -2.26. The molecule has 2 fully saturated rings. The molecule has 2 atom stereocenters. The minimum Gasteiger partial charge on any atom is -0.495 e. The molecule has 136 valence electrons. The molecule has 1 amide bonds. The Labute approximate surface area is 152 Å². The summed E-state index contributed by atoms with van der Waals surface area (Å²) < 4.78 is 29.6. The maximum atomic E-state index is 12.2. The van der Waals surface area contributed by atoms with E-state index in [2.05, 4.69) is 4.99 Å². The highest BCUT2D eigenvalue weighted by Gasteiger charge is 2.49. The molecule has 0 spiro atoms. The Kier molecular flexibility index (Phi) is 5.11. The summed E-state index contributed by atoms with van der Waals surface area (Å²) in [5.74, 6) is 0.867. The van der Waals surface area contributed by atoms with Crippen molar-refractivity contribution in [3.8, 4) is 5.75 Å². The number of carbonyl (C=O) groups is 1. The smallest absolute Gasteiger partial charge is 0.248 e. The van der Waals surface area contributed by atoms with E-state index in [4.69, 9.17) is 4.74 Å². The molecule has 3 rings (SSSR count). The second-order valence-electron chi connectivity index (χ2n) is 6.73. The van der Waals surface area contributed by atoms with Crippen LogP contribution in [0.2, 0.25) is 0 Å². The van der Waals surface area contributed by atoms with E-state index in [0.717, 1.165) is 5.69 Å². The van der Waals surface area contributed by atoms with Crippen molar-refractivity contribution in [2.75, 3.05) is 23.5 Å². The molecule has 0 radical (unpaired) electrons. The van der Waals surface area contributed by atoms with Crippen LogP contribution in [0.25, 0.3) is 0 Å². The van der Waals surface area contributed by atoms with Gasteiger partial charge in [-0.2, -0.15) is 4.99 Å². The van der Waals surface area contributed by atoms with Gasteiger partial charge >= 0.3 is 0 Å². The maximum absolute atomic E-state index is 12.2. The summed E-state index contributed by atoms with van der Waals surface area (Å²) in [5, 5.41) is 0.459. The van der Waals surface area contributed by atoms with Crippen LogP contribution in [0.5, 0.6) is 5.75 Å². The van der Waals surface area contributed by atoms with E-state index < -0.39 is 9.84 Å². The van der Waals surface area contributed by atoms with Crippen LogP contribution in [0.1, 0.15) is 20.3 Å². The molecular weight excluding hydrogens is 360 g/mol. The highest BCUT2D eigenvalue weighted by Crippen LogP contribution is 2.43. The first kappa shape index (κ1) is 18.3. The Morgan fingerprint density at radius 2 is 2.08 bits per heavy atom. The Balaban J connectivity index is 2.01. The molecule has 1 aromatic rings. The van der Waals surface area contributed by atoms with Crippen molar-refractivity contribution in [3.05, 3.63) is 24.3 Å². The van der Waals surface area contributed by atoms with Crippen LogP contribution in [0, 0.1) is 5.92 Å². The van der Waals surface area contributed by atoms with Gasteiger partial charge in [0.25, 0.3) is 0 Å². The highest BCUT2D eigenvalue weighted by atomic mass is 32.2. The van der Waals surface area contributed by atoms with Gasteiger partial charge in [-0.05, 0) is 18.1 Å². The first-order valence-corrected chi connectivity index (χ1v) is 10.9. The number of anilines is 1. The van der Waals surface area contributed by atoms with Crippen LogP contribution < -0.4 is 9.64 Å². The molecule has 2 heterocycles. The average molecular weight is 383 g/mol. The number of nitrogens with zero attached hydrogens (tertiary/aromatic N) is 2. The van der Waals surface area contributed by atoms with Gasteiger partial charge in [-0.25, -0.2) is 8.42 Å². The zero-order chi connectivity index (χ0) is 18.2. The summed E-state index contributed by atoms with van der Waals surface area (Å²) in [6.45, 7) is 3.94. The standard InChI is InChI=1S/C17H22N2O4S2/c1-11(2)8-16(20)18-17-19(12-6-4-5-7-14(12)23-3)13-9-25(21,22)10-15(13)24-17/h4-7,11,13,15H,8-10H2,1-3H3. The van der Waals surface area contributed by atoms with Crippen molar-refractivity contribution in [1.29, 1.82) is 0 Å². The monoisotopic (exact) mass is 382 g/mol. The largest absolute Gasteiger partial charge is 0.495 e. The van der Waals surface area contributed by atoms with Gasteiger partial charge in [0.15, 0.2) is 15.0 Å². The Morgan fingerprint density at radius 3 is 2.76 bits per heavy atom. The van der Waals surface area contributed by atoms with Gasteiger partial charge in [-0.3, -0.25) is 4.79 Å². The van der Waals surface area contributed by atoms with Gasteiger partial charge in [-0.1, -0.05) is 37.7 Å². The van der Waals surface area contributed by atoms with Crippen LogP contribution in [0.4, 0.5) is 5.69 Å². The summed E-state index contributed by atoms with van der Waals surface area (Å²) in [6, 6.07) is 7.19. The van der Waals surface area contributed by atoms with Gasteiger partial charge in [0.05, 0.1) is 30.3 Å². The minimum absolute atomic E-state index is 0.0695. The SMILES string of the molecule is COc1ccccc1N1C(=NC(=O)CC(C)C)SC2CS(=O)(=O)CC21. The number of amides is 1. The number of fused-ring (bicyclic) bond motifs is 1. The average Bonchev–Trinajstić information content (AvgIpc) is 2.97. The molecule has 2 aliphatic rings. The van der Waals surface area contributed by atoms with Crippen molar-refractivity contribution in [3.63, 3.8) is 0 Å². The molecule has 2 unspecified atom stereocenters. The lowest BCUT2D eigenvalue weighted by Crippen LogP contribution is -2.38. The van der Waals surface area contributed by atoms with E-state index in [-0.39, 0.29) is 34.6 Å². The molecule has 0 saturated carbocycles. The van der Waals surface area contributed by atoms with Crippen molar-refractivity contribution in [1.82, 2.24) is 0 Å². The molecule has 2 saturated heterocycles. The van der Waals surface area contributed by atoms with Gasteiger partial charge in [0, 0.05) is 11.7 Å². The molecule has 0 aliphatic carbocycles. The van der Waals surface area contributed by atoms with Crippen LogP contribution >= 0.6 is 11.8 Å². The van der Waals surface area contributed by atoms with Crippen molar-refractivity contribution in [2.24, 2.45) is 10.9 Å². The molecule has 8 heteroatoms. The third kappa shape index (κ3) is 3.84. The summed E-state index contributed by atoms with van der Waals surface area (Å²) in [4.78, 5) is 18.4. The summed E-state index contributed by atoms with van der Waals surface area (Å²) in [7, 11) is -1.51. The number of amidine groups is 1. The Bertz CT molecular complexity index is 805. The van der Waals surface area contributed by atoms with Crippen LogP contribution in [0.3, 0.4) is 0 Å². The number of carbonyl (C=O) groups excluding carboxylic acids is 1. The Morgan fingerprint density at radius 1 is 1.36 bits per heavy atom. The van der Waals surface area contributed by atoms with Crippen molar-refractivity contribution in [2.45, 2.75) is 31.6 Å². The number of hydrogen-bond acceptors (Lipinski definition) is 5. The van der Waals surface area contributed by atoms with Gasteiger partial charge in [0.2, 0.25) is 5.91 Å². The van der Waals surface area contributed by atoms with Crippen LogP contribution in [-0.2, 0) is 14.6 Å². The topological polar surface area (TPSA) is 76.0 Å². The zero-order valence-electron chi connectivity index (χ0n) is 14.5. The van der Waals surface area contributed by atoms with Gasteiger partial charge in [0.1, 0.15) is 5.75 Å². The quantitative estimate of drug-likeness (QED) is 0.796. The summed E-state index contributed by atoms with van der Waals surface area (Å²) >= 11 is 1.38.